The quantitative estimate of drug-likeness (QED) is 0.482. The predicted octanol–water partition coefficient (Wildman–Crippen LogP) is 3.94. The number of benzene rings is 1. The van der Waals surface area contributed by atoms with Crippen LogP contribution in [0.15, 0.2) is 24.3 Å². The van der Waals surface area contributed by atoms with E-state index in [1.54, 1.807) is 12.1 Å². The maximum atomic E-state index is 10.3. The fraction of sp³-hybridized carbons (Fsp3) is 0.600. The Hall–Kier alpha value is -1.42. The second kappa shape index (κ2) is 10.5. The van der Waals surface area contributed by atoms with Crippen LogP contribution in [0.2, 0.25) is 0 Å². The van der Waals surface area contributed by atoms with Crippen molar-refractivity contribution >= 4 is 5.69 Å². The number of aryl methyl sites for hydroxylation is 1. The summed E-state index contributed by atoms with van der Waals surface area (Å²) in [6.45, 7) is 9.71. The maximum Gasteiger partial charge on any atom is 0.269 e. The molecule has 0 heterocycles. The Morgan fingerprint density at radius 2 is 2.00 bits per heavy atom. The zero-order valence-corrected chi connectivity index (χ0v) is 12.5. The SMILES string of the molecule is CCCCNC(C)C.CCc1cccc([N+](=O)[O-])c1. The van der Waals surface area contributed by atoms with E-state index in [2.05, 4.69) is 26.1 Å². The van der Waals surface area contributed by atoms with Gasteiger partial charge in [-0.3, -0.25) is 10.1 Å². The van der Waals surface area contributed by atoms with E-state index >= 15 is 0 Å². The van der Waals surface area contributed by atoms with Gasteiger partial charge >= 0.3 is 0 Å². The van der Waals surface area contributed by atoms with Gasteiger partial charge in [-0.05, 0) is 24.9 Å². The number of nitro groups is 1. The zero-order chi connectivity index (χ0) is 14.7. The number of hydrogen-bond donors (Lipinski definition) is 1. The fourth-order valence-corrected chi connectivity index (χ4v) is 1.46. The molecule has 0 aromatic heterocycles. The summed E-state index contributed by atoms with van der Waals surface area (Å²) in [5.41, 5.74) is 1.17. The monoisotopic (exact) mass is 266 g/mol. The van der Waals surface area contributed by atoms with Gasteiger partial charge in [0.1, 0.15) is 0 Å². The summed E-state index contributed by atoms with van der Waals surface area (Å²) in [5.74, 6) is 0. The number of unbranched alkanes of at least 4 members (excludes halogenated alkanes) is 1. The molecular weight excluding hydrogens is 240 g/mol. The van der Waals surface area contributed by atoms with Crippen LogP contribution in [0.4, 0.5) is 5.69 Å². The van der Waals surface area contributed by atoms with Crippen molar-refractivity contribution < 1.29 is 4.92 Å². The van der Waals surface area contributed by atoms with Gasteiger partial charge < -0.3 is 5.32 Å². The highest BCUT2D eigenvalue weighted by Gasteiger charge is 2.03. The molecule has 0 bridgehead atoms. The number of rotatable bonds is 6. The minimum absolute atomic E-state index is 0.171. The van der Waals surface area contributed by atoms with Gasteiger partial charge in [0.15, 0.2) is 0 Å². The summed E-state index contributed by atoms with van der Waals surface area (Å²) >= 11 is 0. The van der Waals surface area contributed by atoms with Crippen LogP contribution < -0.4 is 5.32 Å². The molecule has 0 aliphatic rings. The topological polar surface area (TPSA) is 55.2 Å². The highest BCUT2D eigenvalue weighted by Crippen LogP contribution is 2.12. The van der Waals surface area contributed by atoms with Crippen molar-refractivity contribution in [2.75, 3.05) is 6.54 Å². The Labute approximate surface area is 116 Å². The predicted molar refractivity (Wildman–Crippen MR) is 80.5 cm³/mol. The molecule has 0 saturated heterocycles. The smallest absolute Gasteiger partial charge is 0.269 e. The van der Waals surface area contributed by atoms with Crippen molar-refractivity contribution in [3.63, 3.8) is 0 Å². The molecule has 0 radical (unpaired) electrons. The van der Waals surface area contributed by atoms with E-state index in [0.29, 0.717) is 6.04 Å². The van der Waals surface area contributed by atoms with Crippen LogP contribution in [0.3, 0.4) is 0 Å². The maximum absolute atomic E-state index is 10.3. The lowest BCUT2D eigenvalue weighted by atomic mass is 10.1. The molecule has 1 rings (SSSR count). The Balaban J connectivity index is 0.000000362. The summed E-state index contributed by atoms with van der Waals surface area (Å²) < 4.78 is 0. The van der Waals surface area contributed by atoms with Gasteiger partial charge in [-0.1, -0.05) is 46.2 Å². The molecule has 4 nitrogen and oxygen atoms in total. The molecule has 0 amide bonds. The average molecular weight is 266 g/mol. The summed E-state index contributed by atoms with van der Waals surface area (Å²) in [6.07, 6.45) is 3.43. The first-order chi connectivity index (χ1) is 9.01. The van der Waals surface area contributed by atoms with Crippen molar-refractivity contribution in [1.82, 2.24) is 5.32 Å². The third kappa shape index (κ3) is 9.19. The molecule has 0 aliphatic carbocycles. The number of nitrogens with zero attached hydrogens (tertiary/aromatic N) is 1. The standard InChI is InChI=1S/C8H9NO2.C7H17N/c1-2-7-4-3-5-8(6-7)9(10)11;1-4-5-6-8-7(2)3/h3-6H,2H2,1H3;7-8H,4-6H2,1-3H3. The molecule has 1 aromatic carbocycles. The third-order valence-electron chi connectivity index (χ3n) is 2.61. The molecule has 0 atom stereocenters. The van der Waals surface area contributed by atoms with Crippen LogP contribution in [0.25, 0.3) is 0 Å². The van der Waals surface area contributed by atoms with Crippen molar-refractivity contribution in [2.24, 2.45) is 0 Å². The first kappa shape index (κ1) is 17.6. The van der Waals surface area contributed by atoms with Crippen molar-refractivity contribution in [2.45, 2.75) is 53.0 Å². The van der Waals surface area contributed by atoms with Gasteiger partial charge in [-0.15, -0.1) is 0 Å². The lowest BCUT2D eigenvalue weighted by Gasteiger charge is -2.05. The molecule has 0 unspecified atom stereocenters. The van der Waals surface area contributed by atoms with E-state index in [0.717, 1.165) is 12.0 Å². The molecular formula is C15H26N2O2. The lowest BCUT2D eigenvalue weighted by Crippen LogP contribution is -2.23. The molecule has 0 saturated carbocycles. The first-order valence-electron chi connectivity index (χ1n) is 6.97. The first-order valence-corrected chi connectivity index (χ1v) is 6.97. The third-order valence-corrected chi connectivity index (χ3v) is 2.61. The van der Waals surface area contributed by atoms with Crippen LogP contribution in [0, 0.1) is 10.1 Å². The van der Waals surface area contributed by atoms with Gasteiger partial charge in [0.2, 0.25) is 0 Å². The highest BCUT2D eigenvalue weighted by molar-refractivity contribution is 5.34. The summed E-state index contributed by atoms with van der Waals surface area (Å²) in [4.78, 5) is 9.90. The van der Waals surface area contributed by atoms with Gasteiger partial charge in [0.05, 0.1) is 4.92 Å². The molecule has 1 aromatic rings. The van der Waals surface area contributed by atoms with Crippen LogP contribution in [0.1, 0.15) is 46.1 Å². The van der Waals surface area contributed by atoms with Crippen LogP contribution >= 0.6 is 0 Å². The normalized spacial score (nSPS) is 9.95. The molecule has 0 aliphatic heterocycles. The Morgan fingerprint density at radius 3 is 2.47 bits per heavy atom. The Bertz CT molecular complexity index is 365. The Kier molecular flexibility index (Phi) is 9.71. The van der Waals surface area contributed by atoms with E-state index in [1.807, 2.05) is 13.0 Å². The lowest BCUT2D eigenvalue weighted by molar-refractivity contribution is -0.384. The van der Waals surface area contributed by atoms with Gasteiger partial charge in [0.25, 0.3) is 5.69 Å². The van der Waals surface area contributed by atoms with Crippen LogP contribution in [0.5, 0.6) is 0 Å². The number of nitrogens with one attached hydrogen (secondary N) is 1. The molecule has 4 heteroatoms. The second-order valence-corrected chi connectivity index (χ2v) is 4.74. The van der Waals surface area contributed by atoms with E-state index < -0.39 is 0 Å². The minimum atomic E-state index is -0.376. The number of non-ortho nitro benzene ring substituents is 1. The summed E-state index contributed by atoms with van der Waals surface area (Å²) in [5, 5.41) is 13.6. The minimum Gasteiger partial charge on any atom is -0.315 e. The Morgan fingerprint density at radius 1 is 1.32 bits per heavy atom. The van der Waals surface area contributed by atoms with Crippen LogP contribution in [-0.2, 0) is 6.42 Å². The number of hydrogen-bond acceptors (Lipinski definition) is 3. The van der Waals surface area contributed by atoms with E-state index in [9.17, 15) is 10.1 Å². The van der Waals surface area contributed by atoms with Gasteiger partial charge in [0, 0.05) is 18.2 Å². The molecule has 108 valence electrons. The van der Waals surface area contributed by atoms with Crippen molar-refractivity contribution in [3.05, 3.63) is 39.9 Å². The van der Waals surface area contributed by atoms with E-state index in [-0.39, 0.29) is 10.6 Å². The largest absolute Gasteiger partial charge is 0.315 e. The fourth-order valence-electron chi connectivity index (χ4n) is 1.46. The van der Waals surface area contributed by atoms with Gasteiger partial charge in [-0.25, -0.2) is 0 Å². The summed E-state index contributed by atoms with van der Waals surface area (Å²) in [7, 11) is 0. The van der Waals surface area contributed by atoms with E-state index in [1.165, 1.54) is 25.5 Å². The zero-order valence-electron chi connectivity index (χ0n) is 12.5. The van der Waals surface area contributed by atoms with Crippen LogP contribution in [-0.4, -0.2) is 17.5 Å². The average Bonchev–Trinajstić information content (AvgIpc) is 2.39. The summed E-state index contributed by atoms with van der Waals surface area (Å²) in [6, 6.07) is 7.34. The molecule has 0 spiro atoms. The second-order valence-electron chi connectivity index (χ2n) is 4.74. The highest BCUT2D eigenvalue weighted by atomic mass is 16.6. The molecule has 1 N–H and O–H groups in total. The molecule has 0 fully saturated rings. The van der Waals surface area contributed by atoms with Crippen molar-refractivity contribution in [1.29, 1.82) is 0 Å². The van der Waals surface area contributed by atoms with E-state index in [4.69, 9.17) is 0 Å². The van der Waals surface area contributed by atoms with Crippen molar-refractivity contribution in [3.8, 4) is 0 Å². The number of nitro benzene ring substituents is 1. The van der Waals surface area contributed by atoms with Gasteiger partial charge in [-0.2, -0.15) is 0 Å². The molecule has 19 heavy (non-hydrogen) atoms.